The average molecular weight is 165 g/mol. The summed E-state index contributed by atoms with van der Waals surface area (Å²) in [6.07, 6.45) is 6.03. The van der Waals surface area contributed by atoms with Gasteiger partial charge < -0.3 is 0 Å². The summed E-state index contributed by atoms with van der Waals surface area (Å²) in [6.45, 7) is 12.2. The van der Waals surface area contributed by atoms with Crippen LogP contribution in [-0.4, -0.2) is 24.0 Å². The number of rotatable bonds is 3. The van der Waals surface area contributed by atoms with Gasteiger partial charge in [-0.3, -0.25) is 4.90 Å². The first kappa shape index (κ1) is 9.53. The van der Waals surface area contributed by atoms with E-state index in [1.165, 1.54) is 31.4 Å². The first-order chi connectivity index (χ1) is 5.74. The van der Waals surface area contributed by atoms with Crippen LogP contribution >= 0.6 is 0 Å². The smallest absolute Gasteiger partial charge is 0.0279 e. The summed E-state index contributed by atoms with van der Waals surface area (Å²) < 4.78 is 0. The second-order valence-corrected chi connectivity index (χ2v) is 3.73. The van der Waals surface area contributed by atoms with Crippen molar-refractivity contribution in [3.05, 3.63) is 24.8 Å². The van der Waals surface area contributed by atoms with Gasteiger partial charge in [-0.05, 0) is 26.3 Å². The molecule has 68 valence electrons. The summed E-state index contributed by atoms with van der Waals surface area (Å²) in [5, 5.41) is 0. The fourth-order valence-electron chi connectivity index (χ4n) is 1.83. The van der Waals surface area contributed by atoms with E-state index in [0.29, 0.717) is 6.04 Å². The maximum Gasteiger partial charge on any atom is 0.0279 e. The lowest BCUT2D eigenvalue weighted by molar-refractivity contribution is 0.195. The Hall–Kier alpha value is -0.560. The zero-order chi connectivity index (χ0) is 8.97. The van der Waals surface area contributed by atoms with Gasteiger partial charge in [0, 0.05) is 12.6 Å². The molecule has 0 spiro atoms. The molecule has 1 fully saturated rings. The van der Waals surface area contributed by atoms with Gasteiger partial charge in [0.25, 0.3) is 0 Å². The summed E-state index contributed by atoms with van der Waals surface area (Å²) in [7, 11) is 0. The highest BCUT2D eigenvalue weighted by Gasteiger charge is 2.18. The molecule has 0 aromatic carbocycles. The Labute approximate surface area is 75.8 Å². The second kappa shape index (κ2) is 4.46. The Bertz CT molecular complexity index is 172. The van der Waals surface area contributed by atoms with Gasteiger partial charge in [-0.25, -0.2) is 0 Å². The van der Waals surface area contributed by atoms with Gasteiger partial charge in [-0.15, -0.1) is 6.58 Å². The van der Waals surface area contributed by atoms with E-state index in [0.717, 1.165) is 6.54 Å². The Morgan fingerprint density at radius 3 is 2.92 bits per heavy atom. The molecular weight excluding hydrogens is 146 g/mol. The average Bonchev–Trinajstić information content (AvgIpc) is 2.04. The van der Waals surface area contributed by atoms with Gasteiger partial charge in [0.1, 0.15) is 0 Å². The number of likely N-dealkylation sites (tertiary alicyclic amines) is 1. The Morgan fingerprint density at radius 2 is 2.33 bits per heavy atom. The first-order valence-electron chi connectivity index (χ1n) is 4.75. The number of hydrogen-bond acceptors (Lipinski definition) is 1. The fraction of sp³-hybridized carbons (Fsp3) is 0.636. The fourth-order valence-corrected chi connectivity index (χ4v) is 1.83. The third-order valence-corrected chi connectivity index (χ3v) is 2.41. The molecule has 1 atom stereocenters. The molecule has 1 aliphatic rings. The highest BCUT2D eigenvalue weighted by molar-refractivity contribution is 4.98. The summed E-state index contributed by atoms with van der Waals surface area (Å²) in [6, 6.07) is 0.593. The largest absolute Gasteiger partial charge is 0.293 e. The van der Waals surface area contributed by atoms with Crippen LogP contribution in [0.4, 0.5) is 0 Å². The van der Waals surface area contributed by atoms with Crippen molar-refractivity contribution in [3.63, 3.8) is 0 Å². The minimum atomic E-state index is 0.593. The van der Waals surface area contributed by atoms with Crippen LogP contribution in [0.25, 0.3) is 0 Å². The van der Waals surface area contributed by atoms with Crippen LogP contribution in [0.15, 0.2) is 24.8 Å². The Kier molecular flexibility index (Phi) is 3.54. The molecule has 0 aromatic heterocycles. The van der Waals surface area contributed by atoms with Crippen molar-refractivity contribution in [3.8, 4) is 0 Å². The van der Waals surface area contributed by atoms with Crippen LogP contribution in [0.5, 0.6) is 0 Å². The van der Waals surface area contributed by atoms with Crippen LogP contribution in [0.1, 0.15) is 26.2 Å². The molecule has 0 amide bonds. The van der Waals surface area contributed by atoms with Crippen molar-refractivity contribution < 1.29 is 0 Å². The minimum absolute atomic E-state index is 0.593. The molecule has 1 aliphatic heterocycles. The van der Waals surface area contributed by atoms with Gasteiger partial charge in [-0.1, -0.05) is 24.6 Å². The van der Waals surface area contributed by atoms with E-state index in [1.54, 1.807) is 0 Å². The number of nitrogens with zero attached hydrogens (tertiary/aromatic N) is 1. The van der Waals surface area contributed by atoms with E-state index in [4.69, 9.17) is 0 Å². The first-order valence-corrected chi connectivity index (χ1v) is 4.75. The normalized spacial score (nSPS) is 25.2. The summed E-state index contributed by atoms with van der Waals surface area (Å²) in [5.41, 5.74) is 1.25. The predicted octanol–water partition coefficient (Wildman–Crippen LogP) is 2.60. The summed E-state index contributed by atoms with van der Waals surface area (Å²) in [5.74, 6) is 0. The molecule has 0 aliphatic carbocycles. The van der Waals surface area contributed by atoms with Crippen molar-refractivity contribution in [1.82, 2.24) is 4.90 Å². The SMILES string of the molecule is C=CC1CCCCN1CC(=C)C. The third kappa shape index (κ3) is 2.49. The van der Waals surface area contributed by atoms with Gasteiger partial charge in [-0.2, -0.15) is 0 Å². The van der Waals surface area contributed by atoms with Gasteiger partial charge in [0.15, 0.2) is 0 Å². The molecule has 1 unspecified atom stereocenters. The summed E-state index contributed by atoms with van der Waals surface area (Å²) >= 11 is 0. The zero-order valence-corrected chi connectivity index (χ0v) is 8.05. The molecule has 0 aromatic rings. The number of piperidine rings is 1. The molecule has 1 rings (SSSR count). The zero-order valence-electron chi connectivity index (χ0n) is 8.05. The van der Waals surface area contributed by atoms with Crippen molar-refractivity contribution in [2.75, 3.05) is 13.1 Å². The lowest BCUT2D eigenvalue weighted by atomic mass is 10.0. The van der Waals surface area contributed by atoms with E-state index in [1.807, 2.05) is 0 Å². The van der Waals surface area contributed by atoms with Crippen molar-refractivity contribution >= 4 is 0 Å². The predicted molar refractivity (Wildman–Crippen MR) is 54.2 cm³/mol. The lowest BCUT2D eigenvalue weighted by Crippen LogP contribution is -2.38. The van der Waals surface area contributed by atoms with E-state index in [2.05, 4.69) is 31.1 Å². The molecular formula is C11H19N. The maximum atomic E-state index is 3.94. The van der Waals surface area contributed by atoms with Crippen LogP contribution < -0.4 is 0 Å². The van der Waals surface area contributed by atoms with Crippen LogP contribution in [-0.2, 0) is 0 Å². The molecule has 1 saturated heterocycles. The van der Waals surface area contributed by atoms with Gasteiger partial charge in [0.05, 0.1) is 0 Å². The Balaban J connectivity index is 2.46. The monoisotopic (exact) mass is 165 g/mol. The van der Waals surface area contributed by atoms with Crippen LogP contribution in [0.2, 0.25) is 0 Å². The molecule has 1 heteroatoms. The standard InChI is InChI=1S/C11H19N/c1-4-11-7-5-6-8-12(11)9-10(2)3/h4,11H,1-2,5-9H2,3H3. The molecule has 0 bridgehead atoms. The van der Waals surface area contributed by atoms with E-state index in [-0.39, 0.29) is 0 Å². The van der Waals surface area contributed by atoms with Crippen molar-refractivity contribution in [2.45, 2.75) is 32.2 Å². The van der Waals surface area contributed by atoms with E-state index >= 15 is 0 Å². The maximum absolute atomic E-state index is 3.94. The van der Waals surface area contributed by atoms with Gasteiger partial charge >= 0.3 is 0 Å². The van der Waals surface area contributed by atoms with E-state index in [9.17, 15) is 0 Å². The molecule has 12 heavy (non-hydrogen) atoms. The van der Waals surface area contributed by atoms with Gasteiger partial charge in [0.2, 0.25) is 0 Å². The Morgan fingerprint density at radius 1 is 1.58 bits per heavy atom. The lowest BCUT2D eigenvalue weighted by Gasteiger charge is -2.33. The highest BCUT2D eigenvalue weighted by Crippen LogP contribution is 2.18. The quantitative estimate of drug-likeness (QED) is 0.581. The topological polar surface area (TPSA) is 3.24 Å². The van der Waals surface area contributed by atoms with E-state index < -0.39 is 0 Å². The molecule has 1 nitrogen and oxygen atoms in total. The molecule has 0 saturated carbocycles. The van der Waals surface area contributed by atoms with Crippen LogP contribution in [0, 0.1) is 0 Å². The van der Waals surface area contributed by atoms with Crippen LogP contribution in [0.3, 0.4) is 0 Å². The summed E-state index contributed by atoms with van der Waals surface area (Å²) in [4.78, 5) is 2.47. The molecule has 0 radical (unpaired) electrons. The molecule has 1 heterocycles. The number of hydrogen-bond donors (Lipinski definition) is 0. The highest BCUT2D eigenvalue weighted by atomic mass is 15.2. The van der Waals surface area contributed by atoms with Crippen molar-refractivity contribution in [1.29, 1.82) is 0 Å². The minimum Gasteiger partial charge on any atom is -0.293 e. The second-order valence-electron chi connectivity index (χ2n) is 3.73. The van der Waals surface area contributed by atoms with Crippen molar-refractivity contribution in [2.24, 2.45) is 0 Å². The molecule has 0 N–H and O–H groups in total. The third-order valence-electron chi connectivity index (χ3n) is 2.41.